The van der Waals surface area contributed by atoms with E-state index in [2.05, 4.69) is 20.3 Å². The number of amides is 1. The zero-order chi connectivity index (χ0) is 17.9. The number of benzene rings is 2. The Bertz CT molecular complexity index is 938. The Hall–Kier alpha value is -2.87. The molecule has 1 heterocycles. The van der Waals surface area contributed by atoms with Crippen LogP contribution in [0.4, 0.5) is 11.4 Å². The van der Waals surface area contributed by atoms with Crippen LogP contribution in [0.15, 0.2) is 58.4 Å². The molecule has 0 aliphatic carbocycles. The van der Waals surface area contributed by atoms with E-state index >= 15 is 0 Å². The number of anilines is 2. The van der Waals surface area contributed by atoms with Crippen LogP contribution in [0.5, 0.6) is 0 Å². The molecule has 1 aliphatic rings. The Morgan fingerprint density at radius 3 is 2.60 bits per heavy atom. The SMILES string of the molecule is CC(=O)Nc1cccc(S(=O)(=O)Nc2cccc(C3=NCCN3)c2)c1. The van der Waals surface area contributed by atoms with Crippen molar-refractivity contribution in [3.8, 4) is 0 Å². The third kappa shape index (κ3) is 4.16. The number of amidine groups is 1. The number of aliphatic imine (C=N–C) groups is 1. The Labute approximate surface area is 146 Å². The van der Waals surface area contributed by atoms with Crippen LogP contribution in [0.2, 0.25) is 0 Å². The maximum Gasteiger partial charge on any atom is 0.261 e. The van der Waals surface area contributed by atoms with Crippen molar-refractivity contribution in [2.75, 3.05) is 23.1 Å². The minimum atomic E-state index is -3.77. The molecule has 0 saturated heterocycles. The molecule has 2 aromatic rings. The van der Waals surface area contributed by atoms with Gasteiger partial charge >= 0.3 is 0 Å². The molecular weight excluding hydrogens is 340 g/mol. The molecule has 0 radical (unpaired) electrons. The summed E-state index contributed by atoms with van der Waals surface area (Å²) >= 11 is 0. The maximum atomic E-state index is 12.6. The van der Waals surface area contributed by atoms with Crippen molar-refractivity contribution in [2.45, 2.75) is 11.8 Å². The summed E-state index contributed by atoms with van der Waals surface area (Å²) in [6.45, 7) is 2.85. The van der Waals surface area contributed by atoms with Crippen LogP contribution in [0.3, 0.4) is 0 Å². The molecule has 0 fully saturated rings. The number of hydrogen-bond acceptors (Lipinski definition) is 5. The van der Waals surface area contributed by atoms with E-state index in [4.69, 9.17) is 0 Å². The van der Waals surface area contributed by atoms with Crippen LogP contribution in [0, 0.1) is 0 Å². The van der Waals surface area contributed by atoms with Gasteiger partial charge in [0.05, 0.1) is 11.4 Å². The molecule has 0 saturated carbocycles. The summed E-state index contributed by atoms with van der Waals surface area (Å²) < 4.78 is 27.8. The van der Waals surface area contributed by atoms with Gasteiger partial charge in [0.25, 0.3) is 10.0 Å². The van der Waals surface area contributed by atoms with E-state index in [1.165, 1.54) is 19.1 Å². The molecule has 8 heteroatoms. The highest BCUT2D eigenvalue weighted by molar-refractivity contribution is 7.92. The average molecular weight is 358 g/mol. The third-order valence-corrected chi connectivity index (χ3v) is 4.91. The molecule has 0 bridgehead atoms. The number of nitrogens with one attached hydrogen (secondary N) is 3. The first-order valence-electron chi connectivity index (χ1n) is 7.73. The first-order chi connectivity index (χ1) is 11.9. The molecule has 1 amide bonds. The summed E-state index contributed by atoms with van der Waals surface area (Å²) in [6, 6.07) is 13.1. The summed E-state index contributed by atoms with van der Waals surface area (Å²) in [7, 11) is -3.77. The van der Waals surface area contributed by atoms with Crippen LogP contribution in [0.1, 0.15) is 12.5 Å². The highest BCUT2D eigenvalue weighted by Crippen LogP contribution is 2.20. The van der Waals surface area contributed by atoms with Crippen molar-refractivity contribution in [1.29, 1.82) is 0 Å². The fraction of sp³-hybridized carbons (Fsp3) is 0.176. The van der Waals surface area contributed by atoms with E-state index in [0.717, 1.165) is 17.9 Å². The molecular formula is C17H18N4O3S. The van der Waals surface area contributed by atoms with Crippen LogP contribution < -0.4 is 15.4 Å². The van der Waals surface area contributed by atoms with Crippen molar-refractivity contribution in [1.82, 2.24) is 5.32 Å². The lowest BCUT2D eigenvalue weighted by atomic mass is 10.2. The molecule has 0 unspecified atom stereocenters. The average Bonchev–Trinajstić information content (AvgIpc) is 3.09. The largest absolute Gasteiger partial charge is 0.368 e. The molecule has 130 valence electrons. The van der Waals surface area contributed by atoms with E-state index in [-0.39, 0.29) is 10.8 Å². The summed E-state index contributed by atoms with van der Waals surface area (Å²) in [6.07, 6.45) is 0. The molecule has 7 nitrogen and oxygen atoms in total. The van der Waals surface area contributed by atoms with Crippen LogP contribution >= 0.6 is 0 Å². The zero-order valence-corrected chi connectivity index (χ0v) is 14.4. The van der Waals surface area contributed by atoms with Gasteiger partial charge in [-0.3, -0.25) is 14.5 Å². The molecule has 0 spiro atoms. The standard InChI is InChI=1S/C17H18N4O3S/c1-12(22)20-14-5-3-7-16(11-14)25(23,24)21-15-6-2-4-13(10-15)17-18-8-9-19-17/h2-7,10-11,21H,8-9H2,1H3,(H,18,19)(H,20,22). The van der Waals surface area contributed by atoms with Crippen molar-refractivity contribution in [3.05, 3.63) is 54.1 Å². The quantitative estimate of drug-likeness (QED) is 0.759. The van der Waals surface area contributed by atoms with Gasteiger partial charge in [0.2, 0.25) is 5.91 Å². The van der Waals surface area contributed by atoms with Gasteiger partial charge in [0.15, 0.2) is 0 Å². The van der Waals surface area contributed by atoms with Gasteiger partial charge < -0.3 is 10.6 Å². The number of nitrogens with zero attached hydrogens (tertiary/aromatic N) is 1. The van der Waals surface area contributed by atoms with Crippen molar-refractivity contribution in [2.24, 2.45) is 4.99 Å². The minimum absolute atomic E-state index is 0.0699. The summed E-state index contributed by atoms with van der Waals surface area (Å²) in [5.41, 5.74) is 1.69. The number of rotatable bonds is 5. The van der Waals surface area contributed by atoms with Crippen LogP contribution in [-0.2, 0) is 14.8 Å². The summed E-state index contributed by atoms with van der Waals surface area (Å²) in [5, 5.41) is 5.73. The maximum absolute atomic E-state index is 12.6. The molecule has 3 N–H and O–H groups in total. The third-order valence-electron chi connectivity index (χ3n) is 3.53. The second-order valence-electron chi connectivity index (χ2n) is 5.55. The number of carbonyl (C=O) groups excluding carboxylic acids is 1. The van der Waals surface area contributed by atoms with Crippen molar-refractivity contribution >= 4 is 33.1 Å². The normalized spacial score (nSPS) is 13.7. The molecule has 1 aliphatic heterocycles. The second-order valence-corrected chi connectivity index (χ2v) is 7.23. The second kappa shape index (κ2) is 6.94. The lowest BCUT2D eigenvalue weighted by Crippen LogP contribution is -2.20. The highest BCUT2D eigenvalue weighted by Gasteiger charge is 2.16. The lowest BCUT2D eigenvalue weighted by Gasteiger charge is -2.11. The number of carbonyl (C=O) groups is 1. The first kappa shape index (κ1) is 17.0. The van der Waals surface area contributed by atoms with Gasteiger partial charge in [-0.2, -0.15) is 0 Å². The van der Waals surface area contributed by atoms with Crippen LogP contribution in [0.25, 0.3) is 0 Å². The minimum Gasteiger partial charge on any atom is -0.368 e. The highest BCUT2D eigenvalue weighted by atomic mass is 32.2. The van der Waals surface area contributed by atoms with Gasteiger partial charge in [-0.25, -0.2) is 8.42 Å². The topological polar surface area (TPSA) is 99.7 Å². The summed E-state index contributed by atoms with van der Waals surface area (Å²) in [4.78, 5) is 15.5. The van der Waals surface area contributed by atoms with Gasteiger partial charge in [0, 0.05) is 30.4 Å². The number of sulfonamides is 1. The molecule has 2 aromatic carbocycles. The van der Waals surface area contributed by atoms with E-state index in [1.54, 1.807) is 30.3 Å². The fourth-order valence-electron chi connectivity index (χ4n) is 2.48. The Kier molecular flexibility index (Phi) is 4.71. The van der Waals surface area contributed by atoms with E-state index < -0.39 is 10.0 Å². The predicted molar refractivity (Wildman–Crippen MR) is 97.4 cm³/mol. The van der Waals surface area contributed by atoms with Gasteiger partial charge in [-0.05, 0) is 30.3 Å². The molecule has 0 atom stereocenters. The van der Waals surface area contributed by atoms with E-state index in [9.17, 15) is 13.2 Å². The molecule has 3 rings (SSSR count). The van der Waals surface area contributed by atoms with Crippen molar-refractivity contribution < 1.29 is 13.2 Å². The predicted octanol–water partition coefficient (Wildman–Crippen LogP) is 1.80. The lowest BCUT2D eigenvalue weighted by molar-refractivity contribution is -0.114. The Morgan fingerprint density at radius 2 is 1.88 bits per heavy atom. The van der Waals surface area contributed by atoms with Gasteiger partial charge in [-0.15, -0.1) is 0 Å². The van der Waals surface area contributed by atoms with E-state index in [0.29, 0.717) is 17.9 Å². The number of hydrogen-bond donors (Lipinski definition) is 3. The first-order valence-corrected chi connectivity index (χ1v) is 9.21. The van der Waals surface area contributed by atoms with E-state index in [1.807, 2.05) is 6.07 Å². The molecule has 0 aromatic heterocycles. The zero-order valence-electron chi connectivity index (χ0n) is 13.6. The van der Waals surface area contributed by atoms with Gasteiger partial charge in [0.1, 0.15) is 5.84 Å². The Morgan fingerprint density at radius 1 is 1.12 bits per heavy atom. The summed E-state index contributed by atoms with van der Waals surface area (Å²) in [5.74, 6) is 0.494. The van der Waals surface area contributed by atoms with Crippen LogP contribution in [-0.4, -0.2) is 33.3 Å². The monoisotopic (exact) mass is 358 g/mol. The van der Waals surface area contributed by atoms with Gasteiger partial charge in [-0.1, -0.05) is 18.2 Å². The van der Waals surface area contributed by atoms with Crippen molar-refractivity contribution in [3.63, 3.8) is 0 Å². The Balaban J connectivity index is 1.84. The molecule has 25 heavy (non-hydrogen) atoms. The smallest absolute Gasteiger partial charge is 0.261 e. The fourth-order valence-corrected chi connectivity index (χ4v) is 3.57.